The molecule has 1 unspecified atom stereocenters. The largest absolute Gasteiger partial charge is 0.310 e. The van der Waals surface area contributed by atoms with Crippen molar-refractivity contribution >= 4 is 68.0 Å². The summed E-state index contributed by atoms with van der Waals surface area (Å²) in [5.41, 5.74) is 13.8. The molecule has 4 heteroatoms. The molecule has 3 aliphatic heterocycles. The number of benzene rings is 8. The highest BCUT2D eigenvalue weighted by molar-refractivity contribution is 7.86. The highest BCUT2D eigenvalue weighted by Crippen LogP contribution is 2.58. The Labute approximate surface area is 328 Å². The molecule has 0 spiro atoms. The normalized spacial score (nSPS) is 18.0. The fraction of sp³-hybridized carbons (Fsp3) is 0.115. The molecule has 270 valence electrons. The standard InChI is InChI=1S/C52H41N2OP/c1-51(2)40-20-8-12-24-45(40)53(46-25-13-9-21-41(46)51)34-29-32-49-39(33-34)38-31-30-36-37(50(38)56(49,55)35-17-6-5-7-18-35)19-16-28-44(36)54-47-26-14-10-22-42(47)52(3,4)43-23-11-15-27-48(43)54/h5-33H,1-4H3. The van der Waals surface area contributed by atoms with Gasteiger partial charge in [-0.3, -0.25) is 0 Å². The van der Waals surface area contributed by atoms with Crippen LogP contribution in [0.3, 0.4) is 0 Å². The van der Waals surface area contributed by atoms with E-state index in [1.165, 1.54) is 45.0 Å². The summed E-state index contributed by atoms with van der Waals surface area (Å²) in [7, 11) is -3.31. The zero-order valence-electron chi connectivity index (χ0n) is 32.0. The number of rotatable bonds is 3. The Balaban J connectivity index is 1.17. The van der Waals surface area contributed by atoms with Gasteiger partial charge in [-0.05, 0) is 87.3 Å². The van der Waals surface area contributed by atoms with Gasteiger partial charge in [-0.25, -0.2) is 0 Å². The van der Waals surface area contributed by atoms with Gasteiger partial charge in [-0.1, -0.05) is 155 Å². The average molecular weight is 741 g/mol. The van der Waals surface area contributed by atoms with Crippen LogP contribution in [0.15, 0.2) is 176 Å². The summed E-state index contributed by atoms with van der Waals surface area (Å²) in [6.07, 6.45) is 0. The molecule has 0 aliphatic carbocycles. The van der Waals surface area contributed by atoms with E-state index < -0.39 is 7.14 Å². The summed E-state index contributed by atoms with van der Waals surface area (Å²) in [4.78, 5) is 4.82. The number of fused-ring (bicyclic) bond motifs is 9. The van der Waals surface area contributed by atoms with Crippen LogP contribution in [0, 0.1) is 0 Å². The van der Waals surface area contributed by atoms with Gasteiger partial charge in [0, 0.05) is 37.8 Å². The molecule has 8 aromatic rings. The maximum atomic E-state index is 16.4. The zero-order valence-corrected chi connectivity index (χ0v) is 32.9. The lowest BCUT2D eigenvalue weighted by Gasteiger charge is -2.42. The molecule has 0 N–H and O–H groups in total. The number of hydrogen-bond acceptors (Lipinski definition) is 3. The Kier molecular flexibility index (Phi) is 6.93. The van der Waals surface area contributed by atoms with Crippen LogP contribution in [0.5, 0.6) is 0 Å². The first kappa shape index (κ1) is 33.2. The first-order chi connectivity index (χ1) is 27.2. The first-order valence-electron chi connectivity index (χ1n) is 19.6. The van der Waals surface area contributed by atoms with Crippen LogP contribution in [0.25, 0.3) is 21.9 Å². The lowest BCUT2D eigenvalue weighted by atomic mass is 9.73. The van der Waals surface area contributed by atoms with Crippen LogP contribution in [0.4, 0.5) is 34.1 Å². The van der Waals surface area contributed by atoms with Crippen molar-refractivity contribution in [2.45, 2.75) is 38.5 Å². The number of para-hydroxylation sites is 4. The van der Waals surface area contributed by atoms with Gasteiger partial charge in [-0.2, -0.15) is 0 Å². The van der Waals surface area contributed by atoms with E-state index in [0.717, 1.165) is 49.2 Å². The summed E-state index contributed by atoms with van der Waals surface area (Å²) < 4.78 is 16.4. The zero-order chi connectivity index (χ0) is 38.0. The third-order valence-electron chi connectivity index (χ3n) is 12.8. The Hall–Kier alpha value is -6.15. The molecule has 3 aliphatic rings. The van der Waals surface area contributed by atoms with E-state index in [1.807, 2.05) is 18.2 Å². The fourth-order valence-corrected chi connectivity index (χ4v) is 13.4. The van der Waals surface area contributed by atoms with Crippen molar-refractivity contribution < 1.29 is 4.57 Å². The molecule has 3 nitrogen and oxygen atoms in total. The van der Waals surface area contributed by atoms with Crippen LogP contribution in [0.1, 0.15) is 49.9 Å². The van der Waals surface area contributed by atoms with Crippen LogP contribution in [-0.4, -0.2) is 0 Å². The molecule has 0 saturated carbocycles. The Morgan fingerprint density at radius 3 is 1.45 bits per heavy atom. The Morgan fingerprint density at radius 1 is 0.411 bits per heavy atom. The van der Waals surface area contributed by atoms with E-state index in [-0.39, 0.29) is 10.8 Å². The quantitative estimate of drug-likeness (QED) is 0.169. The van der Waals surface area contributed by atoms with Gasteiger partial charge >= 0.3 is 0 Å². The Morgan fingerprint density at radius 2 is 0.893 bits per heavy atom. The van der Waals surface area contributed by atoms with Crippen LogP contribution in [0.2, 0.25) is 0 Å². The lowest BCUT2D eigenvalue weighted by molar-refractivity contribution is 0.593. The van der Waals surface area contributed by atoms with Gasteiger partial charge in [0.2, 0.25) is 0 Å². The van der Waals surface area contributed by atoms with Gasteiger partial charge in [-0.15, -0.1) is 0 Å². The van der Waals surface area contributed by atoms with Gasteiger partial charge < -0.3 is 14.4 Å². The summed E-state index contributed by atoms with van der Waals surface area (Å²) in [5, 5.41) is 4.79. The molecule has 0 radical (unpaired) electrons. The molecule has 8 aromatic carbocycles. The SMILES string of the molecule is CC1(C)c2ccccc2N(c2ccc3c(c2)-c2ccc4c(N5c6ccccc6C(C)(C)c6ccccc65)cccc4c2P3(=O)c2ccccc2)c2ccccc21. The Bertz CT molecular complexity index is 2880. The summed E-state index contributed by atoms with van der Waals surface area (Å²) >= 11 is 0. The van der Waals surface area contributed by atoms with E-state index in [4.69, 9.17) is 0 Å². The van der Waals surface area contributed by atoms with Gasteiger partial charge in [0.05, 0.1) is 28.4 Å². The smallest absolute Gasteiger partial charge is 0.172 e. The maximum Gasteiger partial charge on any atom is 0.172 e. The van der Waals surface area contributed by atoms with E-state index in [1.54, 1.807) is 0 Å². The third kappa shape index (κ3) is 4.32. The number of hydrogen-bond donors (Lipinski definition) is 0. The predicted molar refractivity (Wildman–Crippen MR) is 236 cm³/mol. The molecule has 1 atom stereocenters. The van der Waals surface area contributed by atoms with Crippen molar-refractivity contribution in [1.29, 1.82) is 0 Å². The van der Waals surface area contributed by atoms with Gasteiger partial charge in [0.25, 0.3) is 0 Å². The number of nitrogens with zero attached hydrogens (tertiary/aromatic N) is 2. The summed E-state index contributed by atoms with van der Waals surface area (Å²) in [5.74, 6) is 0. The molecule has 56 heavy (non-hydrogen) atoms. The van der Waals surface area contributed by atoms with Crippen molar-refractivity contribution in [3.05, 3.63) is 198 Å². The maximum absolute atomic E-state index is 16.4. The second-order valence-electron chi connectivity index (χ2n) is 16.5. The van der Waals surface area contributed by atoms with Gasteiger partial charge in [0.1, 0.15) is 0 Å². The third-order valence-corrected chi connectivity index (χ3v) is 16.0. The van der Waals surface area contributed by atoms with Crippen molar-refractivity contribution in [2.75, 3.05) is 9.80 Å². The molecule has 0 saturated heterocycles. The van der Waals surface area contributed by atoms with Crippen molar-refractivity contribution in [1.82, 2.24) is 0 Å². The molecule has 0 aromatic heterocycles. The van der Waals surface area contributed by atoms with E-state index >= 15 is 4.57 Å². The van der Waals surface area contributed by atoms with Crippen molar-refractivity contribution in [3.63, 3.8) is 0 Å². The molecule has 3 heterocycles. The fourth-order valence-electron chi connectivity index (χ4n) is 10.1. The second kappa shape index (κ2) is 11.7. The second-order valence-corrected chi connectivity index (χ2v) is 19.1. The minimum absolute atomic E-state index is 0.155. The van der Waals surface area contributed by atoms with E-state index in [2.05, 4.69) is 195 Å². The molecule has 0 amide bonds. The molecular weight excluding hydrogens is 700 g/mol. The summed E-state index contributed by atoms with van der Waals surface area (Å²) in [6.45, 7) is 9.28. The predicted octanol–water partition coefficient (Wildman–Crippen LogP) is 12.7. The van der Waals surface area contributed by atoms with E-state index in [0.29, 0.717) is 0 Å². The minimum atomic E-state index is -3.31. The average Bonchev–Trinajstić information content (AvgIpc) is 3.50. The molecule has 0 fully saturated rings. The molecule has 11 rings (SSSR count). The van der Waals surface area contributed by atoms with Crippen molar-refractivity contribution in [3.8, 4) is 11.1 Å². The van der Waals surface area contributed by atoms with Crippen LogP contribution in [-0.2, 0) is 15.4 Å². The number of anilines is 6. The highest BCUT2D eigenvalue weighted by atomic mass is 31.2. The summed E-state index contributed by atoms with van der Waals surface area (Å²) in [6, 6.07) is 62.9. The topological polar surface area (TPSA) is 23.6 Å². The van der Waals surface area contributed by atoms with E-state index in [9.17, 15) is 0 Å². The lowest BCUT2D eigenvalue weighted by Crippen LogP contribution is -2.30. The highest BCUT2D eigenvalue weighted by Gasteiger charge is 2.44. The minimum Gasteiger partial charge on any atom is -0.310 e. The molecule has 0 bridgehead atoms. The van der Waals surface area contributed by atoms with Crippen molar-refractivity contribution in [2.24, 2.45) is 0 Å². The van der Waals surface area contributed by atoms with Gasteiger partial charge in [0.15, 0.2) is 7.14 Å². The van der Waals surface area contributed by atoms with Crippen LogP contribution < -0.4 is 25.7 Å². The molecular formula is C52H41N2OP. The first-order valence-corrected chi connectivity index (χ1v) is 21.3. The van der Waals surface area contributed by atoms with Crippen LogP contribution >= 0.6 is 7.14 Å². The monoisotopic (exact) mass is 740 g/mol.